The number of benzene rings is 1. The molecule has 0 bridgehead atoms. The predicted molar refractivity (Wildman–Crippen MR) is 105 cm³/mol. The third kappa shape index (κ3) is 4.58. The fraction of sp³-hybridized carbons (Fsp3) is 0.400. The molecule has 3 rings (SSSR count). The molecular formula is C20H24N2O6S. The first-order chi connectivity index (χ1) is 13.7. The number of sulfonamides is 1. The van der Waals surface area contributed by atoms with Gasteiger partial charge in [0, 0.05) is 24.8 Å². The molecular weight excluding hydrogens is 396 g/mol. The minimum atomic E-state index is -3.72. The highest BCUT2D eigenvalue weighted by atomic mass is 32.2. The molecule has 2 aromatic rings. The average molecular weight is 420 g/mol. The number of aryl methyl sites for hydroxylation is 2. The summed E-state index contributed by atoms with van der Waals surface area (Å²) in [6, 6.07) is 6.51. The summed E-state index contributed by atoms with van der Waals surface area (Å²) in [6.45, 7) is 6.51. The number of nitrogens with zero attached hydrogens (tertiary/aromatic N) is 1. The topological polar surface area (TPSA) is 106 Å². The van der Waals surface area contributed by atoms with Crippen LogP contribution in [0, 0.1) is 13.8 Å². The number of carbonyl (C=O) groups excluding carboxylic acids is 2. The molecule has 0 spiro atoms. The maximum atomic E-state index is 12.6. The molecule has 1 saturated heterocycles. The minimum Gasteiger partial charge on any atom is -0.450 e. The van der Waals surface area contributed by atoms with Crippen LogP contribution in [0.3, 0.4) is 0 Å². The van der Waals surface area contributed by atoms with E-state index in [9.17, 15) is 18.0 Å². The van der Waals surface area contributed by atoms with Crippen LogP contribution in [-0.2, 0) is 19.5 Å². The summed E-state index contributed by atoms with van der Waals surface area (Å²) in [5, 5.41) is 0. The first-order valence-corrected chi connectivity index (χ1v) is 10.7. The maximum absolute atomic E-state index is 12.6. The standard InChI is InChI=1S/C20H24N2O6S/c1-13-4-5-16(10-14(13)2)19(23)15(3)28-20(24)18-11-17(12-21-18)29(25,26)22-6-8-27-9-7-22/h4-5,10-12,15,21H,6-9H2,1-3H3. The maximum Gasteiger partial charge on any atom is 0.355 e. The van der Waals surface area contributed by atoms with E-state index in [0.717, 1.165) is 11.1 Å². The third-order valence-corrected chi connectivity index (χ3v) is 6.81. The number of hydrogen-bond acceptors (Lipinski definition) is 6. The molecule has 1 unspecified atom stereocenters. The highest BCUT2D eigenvalue weighted by Crippen LogP contribution is 2.19. The van der Waals surface area contributed by atoms with Crippen LogP contribution < -0.4 is 0 Å². The van der Waals surface area contributed by atoms with Gasteiger partial charge in [-0.15, -0.1) is 0 Å². The molecule has 0 aliphatic carbocycles. The number of ether oxygens (including phenoxy) is 2. The Bertz CT molecular complexity index is 1020. The number of H-pyrrole nitrogens is 1. The van der Waals surface area contributed by atoms with Crippen LogP contribution >= 0.6 is 0 Å². The molecule has 0 amide bonds. The van der Waals surface area contributed by atoms with Crippen molar-refractivity contribution >= 4 is 21.8 Å². The fourth-order valence-corrected chi connectivity index (χ4v) is 4.39. The van der Waals surface area contributed by atoms with E-state index in [-0.39, 0.29) is 29.5 Å². The van der Waals surface area contributed by atoms with E-state index in [0.29, 0.717) is 18.8 Å². The zero-order valence-electron chi connectivity index (χ0n) is 16.6. The van der Waals surface area contributed by atoms with Gasteiger partial charge in [-0.2, -0.15) is 4.31 Å². The molecule has 1 N–H and O–H groups in total. The SMILES string of the molecule is Cc1ccc(C(=O)C(C)OC(=O)c2cc(S(=O)(=O)N3CCOCC3)c[nH]2)cc1C. The molecule has 1 atom stereocenters. The van der Waals surface area contributed by atoms with E-state index < -0.39 is 22.1 Å². The lowest BCUT2D eigenvalue weighted by molar-refractivity contribution is 0.0313. The van der Waals surface area contributed by atoms with Gasteiger partial charge in [-0.05, 0) is 44.0 Å². The van der Waals surface area contributed by atoms with Gasteiger partial charge in [0.05, 0.1) is 13.2 Å². The smallest absolute Gasteiger partial charge is 0.355 e. The molecule has 1 aromatic carbocycles. The summed E-state index contributed by atoms with van der Waals surface area (Å²) >= 11 is 0. The number of esters is 1. The van der Waals surface area contributed by atoms with E-state index in [1.807, 2.05) is 19.9 Å². The number of morpholine rings is 1. The Hall–Kier alpha value is -2.49. The number of aromatic amines is 1. The summed E-state index contributed by atoms with van der Waals surface area (Å²) in [5.74, 6) is -1.12. The van der Waals surface area contributed by atoms with Crippen molar-refractivity contribution in [3.8, 4) is 0 Å². The van der Waals surface area contributed by atoms with Crippen molar-refractivity contribution in [2.45, 2.75) is 31.8 Å². The quantitative estimate of drug-likeness (QED) is 0.567. The van der Waals surface area contributed by atoms with Crippen LogP contribution in [0.15, 0.2) is 35.4 Å². The Kier molecular flexibility index (Phi) is 6.21. The van der Waals surface area contributed by atoms with Crippen LogP contribution in [0.25, 0.3) is 0 Å². The van der Waals surface area contributed by atoms with Crippen molar-refractivity contribution < 1.29 is 27.5 Å². The molecule has 2 heterocycles. The minimum absolute atomic E-state index is 0.0283. The number of rotatable bonds is 6. The van der Waals surface area contributed by atoms with E-state index in [1.54, 1.807) is 12.1 Å². The van der Waals surface area contributed by atoms with E-state index in [1.165, 1.54) is 23.5 Å². The molecule has 156 valence electrons. The summed E-state index contributed by atoms with van der Waals surface area (Å²) < 4.78 is 37.0. The monoisotopic (exact) mass is 420 g/mol. The average Bonchev–Trinajstić information content (AvgIpc) is 3.21. The van der Waals surface area contributed by atoms with Gasteiger partial charge in [-0.25, -0.2) is 13.2 Å². The second-order valence-electron chi connectivity index (χ2n) is 6.98. The van der Waals surface area contributed by atoms with Gasteiger partial charge in [0.15, 0.2) is 6.10 Å². The van der Waals surface area contributed by atoms with Gasteiger partial charge < -0.3 is 14.5 Å². The first-order valence-electron chi connectivity index (χ1n) is 9.29. The second-order valence-corrected chi connectivity index (χ2v) is 8.91. The molecule has 1 aliphatic heterocycles. The fourth-order valence-electron chi connectivity index (χ4n) is 2.98. The van der Waals surface area contributed by atoms with Crippen LogP contribution in [0.1, 0.15) is 38.9 Å². The van der Waals surface area contributed by atoms with E-state index in [2.05, 4.69) is 4.98 Å². The summed E-state index contributed by atoms with van der Waals surface area (Å²) in [4.78, 5) is 27.5. The lowest BCUT2D eigenvalue weighted by Crippen LogP contribution is -2.40. The van der Waals surface area contributed by atoms with Gasteiger partial charge in [0.25, 0.3) is 0 Å². The molecule has 29 heavy (non-hydrogen) atoms. The number of carbonyl (C=O) groups is 2. The Morgan fingerprint density at radius 3 is 2.48 bits per heavy atom. The lowest BCUT2D eigenvalue weighted by Gasteiger charge is -2.25. The van der Waals surface area contributed by atoms with Crippen molar-refractivity contribution in [1.82, 2.24) is 9.29 Å². The summed E-state index contributed by atoms with van der Waals surface area (Å²) in [5.41, 5.74) is 2.45. The Morgan fingerprint density at radius 1 is 1.14 bits per heavy atom. The Morgan fingerprint density at radius 2 is 1.83 bits per heavy atom. The van der Waals surface area contributed by atoms with Crippen LogP contribution in [-0.4, -0.2) is 61.9 Å². The van der Waals surface area contributed by atoms with Crippen LogP contribution in [0.4, 0.5) is 0 Å². The highest BCUT2D eigenvalue weighted by molar-refractivity contribution is 7.89. The summed E-state index contributed by atoms with van der Waals surface area (Å²) in [6.07, 6.45) is 0.240. The van der Waals surface area contributed by atoms with Gasteiger partial charge in [0.2, 0.25) is 15.8 Å². The molecule has 1 aromatic heterocycles. The largest absolute Gasteiger partial charge is 0.450 e. The molecule has 1 fully saturated rings. The van der Waals surface area contributed by atoms with Crippen molar-refractivity contribution in [3.05, 3.63) is 52.8 Å². The van der Waals surface area contributed by atoms with Crippen molar-refractivity contribution in [2.24, 2.45) is 0 Å². The normalized spacial score (nSPS) is 16.4. The Balaban J connectivity index is 1.69. The molecule has 1 aliphatic rings. The van der Waals surface area contributed by atoms with E-state index >= 15 is 0 Å². The number of aromatic nitrogens is 1. The molecule has 9 heteroatoms. The predicted octanol–water partition coefficient (Wildman–Crippen LogP) is 2.08. The van der Waals surface area contributed by atoms with Gasteiger partial charge in [-0.3, -0.25) is 4.79 Å². The van der Waals surface area contributed by atoms with Crippen molar-refractivity contribution in [3.63, 3.8) is 0 Å². The lowest BCUT2D eigenvalue weighted by atomic mass is 10.0. The van der Waals surface area contributed by atoms with Gasteiger partial charge >= 0.3 is 5.97 Å². The highest BCUT2D eigenvalue weighted by Gasteiger charge is 2.29. The van der Waals surface area contributed by atoms with Crippen molar-refractivity contribution in [2.75, 3.05) is 26.3 Å². The molecule has 0 saturated carbocycles. The van der Waals surface area contributed by atoms with Gasteiger partial charge in [0.1, 0.15) is 10.6 Å². The van der Waals surface area contributed by atoms with Crippen molar-refractivity contribution in [1.29, 1.82) is 0 Å². The zero-order valence-corrected chi connectivity index (χ0v) is 17.4. The third-order valence-electron chi connectivity index (χ3n) is 4.93. The number of hydrogen-bond donors (Lipinski definition) is 1. The molecule has 8 nitrogen and oxygen atoms in total. The zero-order chi connectivity index (χ0) is 21.2. The molecule has 0 radical (unpaired) electrons. The second kappa shape index (κ2) is 8.48. The number of ketones is 1. The summed E-state index contributed by atoms with van der Waals surface area (Å²) in [7, 11) is -3.72. The Labute approximate surface area is 169 Å². The number of Topliss-reactive ketones (excluding diaryl/α,β-unsaturated/α-hetero) is 1. The van der Waals surface area contributed by atoms with Crippen LogP contribution in [0.2, 0.25) is 0 Å². The first kappa shape index (κ1) is 21.2. The van der Waals surface area contributed by atoms with Gasteiger partial charge in [-0.1, -0.05) is 12.1 Å². The van der Waals surface area contributed by atoms with Crippen LogP contribution in [0.5, 0.6) is 0 Å². The number of nitrogens with one attached hydrogen (secondary N) is 1. The van der Waals surface area contributed by atoms with E-state index in [4.69, 9.17) is 9.47 Å².